The van der Waals surface area contributed by atoms with Crippen molar-refractivity contribution in [3.05, 3.63) is 11.9 Å². The summed E-state index contributed by atoms with van der Waals surface area (Å²) in [6, 6.07) is 0.546. The summed E-state index contributed by atoms with van der Waals surface area (Å²) < 4.78 is 10.5. The molecule has 106 valence electrons. The topological polar surface area (TPSA) is 56.3 Å². The van der Waals surface area contributed by atoms with Crippen molar-refractivity contribution in [2.45, 2.75) is 45.7 Å². The molecule has 1 unspecified atom stereocenters. The summed E-state index contributed by atoms with van der Waals surface area (Å²) in [5.74, 6) is 1.16. The lowest BCUT2D eigenvalue weighted by Gasteiger charge is -2.18. The van der Waals surface area contributed by atoms with Crippen molar-refractivity contribution in [2.75, 3.05) is 14.2 Å². The Morgan fingerprint density at radius 1 is 1.26 bits per heavy atom. The van der Waals surface area contributed by atoms with Gasteiger partial charge in [0.25, 0.3) is 0 Å². The Balaban J connectivity index is 2.03. The molecule has 0 bridgehead atoms. The first-order valence-electron chi connectivity index (χ1n) is 6.71. The van der Waals surface area contributed by atoms with Gasteiger partial charge in [-0.1, -0.05) is 13.8 Å². The van der Waals surface area contributed by atoms with Gasteiger partial charge in [0.1, 0.15) is 6.33 Å². The summed E-state index contributed by atoms with van der Waals surface area (Å²) >= 11 is 0. The van der Waals surface area contributed by atoms with Gasteiger partial charge in [-0.3, -0.25) is 0 Å². The van der Waals surface area contributed by atoms with Gasteiger partial charge in [-0.25, -0.2) is 9.97 Å². The monoisotopic (exact) mass is 265 g/mol. The van der Waals surface area contributed by atoms with Crippen molar-refractivity contribution in [2.24, 2.45) is 5.41 Å². The highest BCUT2D eigenvalue weighted by Gasteiger charge is 2.30. The lowest BCUT2D eigenvalue weighted by molar-refractivity contribution is 0.348. The average molecular weight is 265 g/mol. The second-order valence-electron chi connectivity index (χ2n) is 5.86. The van der Waals surface area contributed by atoms with E-state index in [0.29, 0.717) is 29.8 Å². The van der Waals surface area contributed by atoms with Crippen LogP contribution in [0.25, 0.3) is 0 Å². The van der Waals surface area contributed by atoms with E-state index < -0.39 is 0 Å². The molecule has 1 aromatic heterocycles. The van der Waals surface area contributed by atoms with Crippen LogP contribution in [0.15, 0.2) is 6.33 Å². The Morgan fingerprint density at radius 3 is 2.37 bits per heavy atom. The summed E-state index contributed by atoms with van der Waals surface area (Å²) in [4.78, 5) is 8.25. The van der Waals surface area contributed by atoms with Crippen LogP contribution in [0, 0.1) is 5.41 Å². The van der Waals surface area contributed by atoms with E-state index in [-0.39, 0.29) is 0 Å². The third-order valence-corrected chi connectivity index (χ3v) is 3.79. The number of aromatic nitrogens is 2. The smallest absolute Gasteiger partial charge is 0.224 e. The van der Waals surface area contributed by atoms with Crippen LogP contribution in [0.1, 0.15) is 38.7 Å². The highest BCUT2D eigenvalue weighted by Crippen LogP contribution is 2.37. The van der Waals surface area contributed by atoms with Gasteiger partial charge in [0.2, 0.25) is 11.8 Å². The molecule has 0 radical (unpaired) electrons. The predicted molar refractivity (Wildman–Crippen MR) is 73.4 cm³/mol. The van der Waals surface area contributed by atoms with E-state index in [2.05, 4.69) is 29.1 Å². The first kappa shape index (κ1) is 14.1. The highest BCUT2D eigenvalue weighted by molar-refractivity contribution is 5.34. The summed E-state index contributed by atoms with van der Waals surface area (Å²) in [6.07, 6.45) is 5.14. The average Bonchev–Trinajstić information content (AvgIpc) is 2.75. The molecule has 0 aromatic carbocycles. The van der Waals surface area contributed by atoms with Gasteiger partial charge in [-0.2, -0.15) is 0 Å². The molecule has 1 aliphatic rings. The SMILES string of the molecule is COc1ncnc(OC)c1CNC1CCC(C)(C)C1. The molecule has 1 saturated carbocycles. The fraction of sp³-hybridized carbons (Fsp3) is 0.714. The first-order valence-corrected chi connectivity index (χ1v) is 6.71. The minimum absolute atomic E-state index is 0.443. The summed E-state index contributed by atoms with van der Waals surface area (Å²) in [5.41, 5.74) is 1.33. The van der Waals surface area contributed by atoms with Crippen LogP contribution in [0.4, 0.5) is 0 Å². The van der Waals surface area contributed by atoms with Gasteiger partial charge >= 0.3 is 0 Å². The number of nitrogens with one attached hydrogen (secondary N) is 1. The molecule has 1 aromatic rings. The van der Waals surface area contributed by atoms with Gasteiger partial charge in [0.15, 0.2) is 0 Å². The van der Waals surface area contributed by atoms with Crippen LogP contribution >= 0.6 is 0 Å². The second-order valence-corrected chi connectivity index (χ2v) is 5.86. The zero-order chi connectivity index (χ0) is 13.9. The fourth-order valence-electron chi connectivity index (χ4n) is 2.74. The number of ether oxygens (including phenoxy) is 2. The maximum absolute atomic E-state index is 5.27. The van der Waals surface area contributed by atoms with Gasteiger partial charge in [0, 0.05) is 12.6 Å². The minimum atomic E-state index is 0.443. The summed E-state index contributed by atoms with van der Waals surface area (Å²) in [5, 5.41) is 3.56. The number of rotatable bonds is 5. The Kier molecular flexibility index (Phi) is 4.24. The molecule has 5 nitrogen and oxygen atoms in total. The lowest BCUT2D eigenvalue weighted by atomic mass is 9.92. The highest BCUT2D eigenvalue weighted by atomic mass is 16.5. The molecule has 1 heterocycles. The molecule has 2 rings (SSSR count). The van der Waals surface area contributed by atoms with Crippen LogP contribution in [0.3, 0.4) is 0 Å². The maximum atomic E-state index is 5.27. The second kappa shape index (κ2) is 5.74. The molecule has 0 spiro atoms. The predicted octanol–water partition coefficient (Wildman–Crippen LogP) is 2.16. The van der Waals surface area contributed by atoms with Crippen LogP contribution < -0.4 is 14.8 Å². The van der Waals surface area contributed by atoms with Crippen molar-refractivity contribution in [1.29, 1.82) is 0 Å². The van der Waals surface area contributed by atoms with Crippen LogP contribution in [-0.4, -0.2) is 30.2 Å². The van der Waals surface area contributed by atoms with Gasteiger partial charge in [-0.15, -0.1) is 0 Å². The van der Waals surface area contributed by atoms with Crippen LogP contribution in [0.2, 0.25) is 0 Å². The largest absolute Gasteiger partial charge is 0.481 e. The fourth-order valence-corrected chi connectivity index (χ4v) is 2.74. The summed E-state index contributed by atoms with van der Waals surface area (Å²) in [7, 11) is 3.23. The Bertz CT molecular complexity index is 412. The molecular formula is C14H23N3O2. The minimum Gasteiger partial charge on any atom is -0.481 e. The molecule has 1 aliphatic carbocycles. The zero-order valence-corrected chi connectivity index (χ0v) is 12.2. The molecular weight excluding hydrogens is 242 g/mol. The number of hydrogen-bond donors (Lipinski definition) is 1. The van der Waals surface area contributed by atoms with Crippen molar-refractivity contribution < 1.29 is 9.47 Å². The van der Waals surface area contributed by atoms with E-state index in [1.165, 1.54) is 25.6 Å². The normalized spacial score (nSPS) is 21.4. The molecule has 5 heteroatoms. The zero-order valence-electron chi connectivity index (χ0n) is 12.2. The Hall–Kier alpha value is -1.36. The Morgan fingerprint density at radius 2 is 1.89 bits per heavy atom. The maximum Gasteiger partial charge on any atom is 0.224 e. The third-order valence-electron chi connectivity index (χ3n) is 3.79. The van der Waals surface area contributed by atoms with E-state index in [1.807, 2.05) is 0 Å². The molecule has 0 aliphatic heterocycles. The molecule has 1 atom stereocenters. The van der Waals surface area contributed by atoms with E-state index >= 15 is 0 Å². The molecule has 1 fully saturated rings. The number of nitrogens with zero attached hydrogens (tertiary/aromatic N) is 2. The molecule has 0 amide bonds. The van der Waals surface area contributed by atoms with Crippen LogP contribution in [0.5, 0.6) is 11.8 Å². The van der Waals surface area contributed by atoms with E-state index in [1.54, 1.807) is 14.2 Å². The van der Waals surface area contributed by atoms with E-state index in [4.69, 9.17) is 9.47 Å². The number of hydrogen-bond acceptors (Lipinski definition) is 5. The summed E-state index contributed by atoms with van der Waals surface area (Å²) in [6.45, 7) is 5.32. The quantitative estimate of drug-likeness (QED) is 0.884. The van der Waals surface area contributed by atoms with E-state index in [0.717, 1.165) is 5.56 Å². The van der Waals surface area contributed by atoms with Gasteiger partial charge in [-0.05, 0) is 24.7 Å². The third kappa shape index (κ3) is 3.35. The first-order chi connectivity index (χ1) is 9.05. The van der Waals surface area contributed by atoms with Gasteiger partial charge in [0.05, 0.1) is 19.8 Å². The van der Waals surface area contributed by atoms with Gasteiger partial charge < -0.3 is 14.8 Å². The van der Waals surface area contributed by atoms with Crippen molar-refractivity contribution in [1.82, 2.24) is 15.3 Å². The molecule has 1 N–H and O–H groups in total. The standard InChI is InChI=1S/C14H23N3O2/c1-14(2)6-5-10(7-14)15-8-11-12(18-3)16-9-17-13(11)19-4/h9-10,15H,5-8H2,1-4H3. The van der Waals surface area contributed by atoms with Crippen LogP contribution in [-0.2, 0) is 6.54 Å². The number of methoxy groups -OCH3 is 2. The van der Waals surface area contributed by atoms with E-state index in [9.17, 15) is 0 Å². The van der Waals surface area contributed by atoms with Crippen molar-refractivity contribution in [3.63, 3.8) is 0 Å². The van der Waals surface area contributed by atoms with Crippen molar-refractivity contribution >= 4 is 0 Å². The lowest BCUT2D eigenvalue weighted by Crippen LogP contribution is -2.27. The molecule has 19 heavy (non-hydrogen) atoms. The molecule has 0 saturated heterocycles. The van der Waals surface area contributed by atoms with Crippen molar-refractivity contribution in [3.8, 4) is 11.8 Å². The Labute approximate surface area is 114 Å².